The summed E-state index contributed by atoms with van der Waals surface area (Å²) in [6.07, 6.45) is 1.57. The molecule has 1 aliphatic rings. The Kier molecular flexibility index (Phi) is 5.31. The molecule has 1 heterocycles. The van der Waals surface area contributed by atoms with Crippen LogP contribution in [0.2, 0.25) is 0 Å². The van der Waals surface area contributed by atoms with Crippen molar-refractivity contribution in [1.29, 1.82) is 0 Å². The topological polar surface area (TPSA) is 61.4 Å². The smallest absolute Gasteiger partial charge is 0.314 e. The molecule has 0 bridgehead atoms. The number of benzene rings is 1. The second-order valence-electron chi connectivity index (χ2n) is 5.38. The van der Waals surface area contributed by atoms with Gasteiger partial charge in [-0.05, 0) is 31.1 Å². The highest BCUT2D eigenvalue weighted by atomic mass is 32.2. The van der Waals surface area contributed by atoms with Gasteiger partial charge in [-0.1, -0.05) is 29.8 Å². The van der Waals surface area contributed by atoms with Crippen molar-refractivity contribution < 1.29 is 9.90 Å². The third-order valence-corrected chi connectivity index (χ3v) is 4.68. The minimum absolute atomic E-state index is 0.206. The van der Waals surface area contributed by atoms with E-state index in [4.69, 9.17) is 0 Å². The average Bonchev–Trinajstić information content (AvgIpc) is 2.84. The van der Waals surface area contributed by atoms with Gasteiger partial charge in [-0.25, -0.2) is 4.79 Å². The third kappa shape index (κ3) is 4.72. The van der Waals surface area contributed by atoms with Crippen molar-refractivity contribution >= 4 is 17.8 Å². The van der Waals surface area contributed by atoms with E-state index in [-0.39, 0.29) is 6.03 Å². The number of carbonyl (C=O) groups excluding carboxylic acids is 1. The molecule has 5 heteroatoms. The first-order valence-corrected chi connectivity index (χ1v) is 8.10. The Bertz CT molecular complexity index is 459. The molecule has 0 aliphatic carbocycles. The van der Waals surface area contributed by atoms with Crippen LogP contribution in [-0.4, -0.2) is 41.3 Å². The fourth-order valence-electron chi connectivity index (χ4n) is 2.23. The molecule has 0 saturated carbocycles. The van der Waals surface area contributed by atoms with Crippen molar-refractivity contribution in [3.05, 3.63) is 35.4 Å². The van der Waals surface area contributed by atoms with Crippen LogP contribution >= 0.6 is 11.8 Å². The first-order chi connectivity index (χ1) is 9.57. The minimum atomic E-state index is -0.724. The predicted molar refractivity (Wildman–Crippen MR) is 83.2 cm³/mol. The number of carbonyl (C=O) groups is 1. The highest BCUT2D eigenvalue weighted by Crippen LogP contribution is 2.26. The van der Waals surface area contributed by atoms with Crippen molar-refractivity contribution in [3.63, 3.8) is 0 Å². The Balaban J connectivity index is 1.65. The fourth-order valence-corrected chi connectivity index (χ4v) is 3.53. The number of hydrogen-bond acceptors (Lipinski definition) is 3. The number of nitrogens with one attached hydrogen (secondary N) is 2. The maximum atomic E-state index is 11.7. The SMILES string of the molecule is Cc1cccc(CCNC(=O)NCC2(O)CCSC2)c1. The second-order valence-corrected chi connectivity index (χ2v) is 6.48. The predicted octanol–water partition coefficient (Wildman–Crippen LogP) is 1.70. The van der Waals surface area contributed by atoms with Crippen LogP contribution in [-0.2, 0) is 6.42 Å². The van der Waals surface area contributed by atoms with Gasteiger partial charge in [0, 0.05) is 18.8 Å². The van der Waals surface area contributed by atoms with Gasteiger partial charge in [0.1, 0.15) is 0 Å². The monoisotopic (exact) mass is 294 g/mol. The Morgan fingerprint density at radius 1 is 1.45 bits per heavy atom. The lowest BCUT2D eigenvalue weighted by Gasteiger charge is -2.21. The molecule has 0 radical (unpaired) electrons. The Morgan fingerprint density at radius 3 is 3.00 bits per heavy atom. The Morgan fingerprint density at radius 2 is 2.30 bits per heavy atom. The van der Waals surface area contributed by atoms with E-state index in [2.05, 4.69) is 35.8 Å². The first kappa shape index (κ1) is 15.2. The molecule has 3 N–H and O–H groups in total. The van der Waals surface area contributed by atoms with Gasteiger partial charge in [-0.15, -0.1) is 0 Å². The second kappa shape index (κ2) is 6.99. The van der Waals surface area contributed by atoms with Gasteiger partial charge in [0.15, 0.2) is 0 Å². The van der Waals surface area contributed by atoms with Gasteiger partial charge in [0.2, 0.25) is 0 Å². The third-order valence-electron chi connectivity index (χ3n) is 3.44. The number of urea groups is 1. The summed E-state index contributed by atoms with van der Waals surface area (Å²) in [5, 5.41) is 15.7. The minimum Gasteiger partial charge on any atom is -0.387 e. The summed E-state index contributed by atoms with van der Waals surface area (Å²) in [4.78, 5) is 11.7. The van der Waals surface area contributed by atoms with Crippen molar-refractivity contribution in [1.82, 2.24) is 10.6 Å². The molecular weight excluding hydrogens is 272 g/mol. The van der Waals surface area contributed by atoms with Gasteiger partial charge in [-0.3, -0.25) is 0 Å². The number of amides is 2. The van der Waals surface area contributed by atoms with E-state index in [1.165, 1.54) is 11.1 Å². The van der Waals surface area contributed by atoms with E-state index in [1.807, 2.05) is 6.07 Å². The van der Waals surface area contributed by atoms with E-state index >= 15 is 0 Å². The summed E-state index contributed by atoms with van der Waals surface area (Å²) in [5.41, 5.74) is 1.72. The molecule has 4 nitrogen and oxygen atoms in total. The summed E-state index contributed by atoms with van der Waals surface area (Å²) in [6.45, 7) is 2.99. The molecule has 1 atom stereocenters. The van der Waals surface area contributed by atoms with Crippen LogP contribution in [0, 0.1) is 6.92 Å². The summed E-state index contributed by atoms with van der Waals surface area (Å²) < 4.78 is 0. The first-order valence-electron chi connectivity index (χ1n) is 6.95. The van der Waals surface area contributed by atoms with E-state index in [0.29, 0.717) is 18.8 Å². The lowest BCUT2D eigenvalue weighted by molar-refractivity contribution is 0.0700. The van der Waals surface area contributed by atoms with Gasteiger partial charge in [0.05, 0.1) is 5.60 Å². The van der Waals surface area contributed by atoms with Crippen LogP contribution in [0.15, 0.2) is 24.3 Å². The molecule has 0 aromatic heterocycles. The molecule has 2 amide bonds. The molecule has 20 heavy (non-hydrogen) atoms. The van der Waals surface area contributed by atoms with Crippen LogP contribution < -0.4 is 10.6 Å². The highest BCUT2D eigenvalue weighted by molar-refractivity contribution is 7.99. The maximum Gasteiger partial charge on any atom is 0.314 e. The molecule has 1 aromatic carbocycles. The van der Waals surface area contributed by atoms with Crippen molar-refractivity contribution in [2.24, 2.45) is 0 Å². The molecule has 1 saturated heterocycles. The lowest BCUT2D eigenvalue weighted by Crippen LogP contribution is -2.46. The number of rotatable bonds is 5. The van der Waals surface area contributed by atoms with Crippen LogP contribution in [0.1, 0.15) is 17.5 Å². The molecule has 2 rings (SSSR count). The summed E-state index contributed by atoms with van der Waals surface area (Å²) in [7, 11) is 0. The molecule has 110 valence electrons. The summed E-state index contributed by atoms with van der Waals surface area (Å²) in [5.74, 6) is 1.67. The summed E-state index contributed by atoms with van der Waals surface area (Å²) >= 11 is 1.73. The quantitative estimate of drug-likeness (QED) is 0.774. The van der Waals surface area contributed by atoms with Crippen LogP contribution in [0.5, 0.6) is 0 Å². The van der Waals surface area contributed by atoms with E-state index in [9.17, 15) is 9.90 Å². The zero-order chi connectivity index (χ0) is 14.4. The Hall–Kier alpha value is -1.20. The highest BCUT2D eigenvalue weighted by Gasteiger charge is 2.31. The number of thioether (sulfide) groups is 1. The average molecular weight is 294 g/mol. The zero-order valence-corrected chi connectivity index (χ0v) is 12.6. The number of aryl methyl sites for hydroxylation is 1. The molecule has 1 aliphatic heterocycles. The maximum absolute atomic E-state index is 11.7. The van der Waals surface area contributed by atoms with Gasteiger partial charge in [0.25, 0.3) is 0 Å². The lowest BCUT2D eigenvalue weighted by atomic mass is 10.0. The molecule has 0 spiro atoms. The van der Waals surface area contributed by atoms with Gasteiger partial charge >= 0.3 is 6.03 Å². The molecule has 1 aromatic rings. The molecule has 1 unspecified atom stereocenters. The zero-order valence-electron chi connectivity index (χ0n) is 11.8. The van der Waals surface area contributed by atoms with Crippen LogP contribution in [0.3, 0.4) is 0 Å². The normalized spacial score (nSPS) is 21.7. The number of hydrogen-bond donors (Lipinski definition) is 3. The van der Waals surface area contributed by atoms with E-state index < -0.39 is 5.60 Å². The summed E-state index contributed by atoms with van der Waals surface area (Å²) in [6, 6.07) is 8.06. The van der Waals surface area contributed by atoms with Crippen molar-refractivity contribution in [2.45, 2.75) is 25.4 Å². The van der Waals surface area contributed by atoms with Crippen molar-refractivity contribution in [2.75, 3.05) is 24.6 Å². The number of aliphatic hydroxyl groups is 1. The van der Waals surface area contributed by atoms with E-state index in [0.717, 1.165) is 18.6 Å². The molecular formula is C15H22N2O2S. The van der Waals surface area contributed by atoms with Gasteiger partial charge < -0.3 is 15.7 Å². The van der Waals surface area contributed by atoms with Crippen LogP contribution in [0.25, 0.3) is 0 Å². The largest absolute Gasteiger partial charge is 0.387 e. The fraction of sp³-hybridized carbons (Fsp3) is 0.533. The van der Waals surface area contributed by atoms with Crippen LogP contribution in [0.4, 0.5) is 4.79 Å². The van der Waals surface area contributed by atoms with E-state index in [1.54, 1.807) is 11.8 Å². The molecule has 1 fully saturated rings. The Labute approximate surface area is 124 Å². The van der Waals surface area contributed by atoms with Crippen molar-refractivity contribution in [3.8, 4) is 0 Å². The standard InChI is InChI=1S/C15H22N2O2S/c1-12-3-2-4-13(9-12)5-7-16-14(18)17-10-15(19)6-8-20-11-15/h2-4,9,19H,5-8,10-11H2,1H3,(H2,16,17,18). The van der Waals surface area contributed by atoms with Gasteiger partial charge in [-0.2, -0.15) is 11.8 Å².